The molecule has 3 N–H and O–H groups in total. The summed E-state index contributed by atoms with van der Waals surface area (Å²) in [5, 5.41) is 22.8. The van der Waals surface area contributed by atoms with Crippen LogP contribution in [0.4, 0.5) is 0 Å². The SMILES string of the molecule is CC(C)(O)[C@@H](CO)NC(=O)[C@@H](CC(=O)OCc1ccccc1)n1ccc(-c2ccc(-c3ccccc3)cc2)c1. The number of ether oxygens (including phenoxy) is 1. The van der Waals surface area contributed by atoms with Crippen molar-refractivity contribution in [3.05, 3.63) is 109 Å². The standard InChI is InChI=1S/C32H34N2O5/c1-32(2,38)29(21-35)33-31(37)28(19-30(36)39-22-23-9-5-3-6-10-23)34-18-17-27(20-34)26-15-13-25(14-16-26)24-11-7-4-8-12-24/h3-18,20,28-29,35,38H,19,21-22H2,1-2H3,(H,33,37)/t28-,29-/m1/s1. The fraction of sp³-hybridized carbons (Fsp3) is 0.250. The quantitative estimate of drug-likeness (QED) is 0.245. The molecule has 0 saturated carbocycles. The summed E-state index contributed by atoms with van der Waals surface area (Å²) in [5.41, 5.74) is 3.55. The number of aliphatic hydroxyl groups is 2. The molecule has 0 aliphatic rings. The zero-order chi connectivity index (χ0) is 27.8. The number of benzene rings is 3. The molecule has 1 aromatic heterocycles. The fourth-order valence-corrected chi connectivity index (χ4v) is 4.27. The van der Waals surface area contributed by atoms with Gasteiger partial charge in [-0.1, -0.05) is 84.9 Å². The molecule has 0 spiro atoms. The van der Waals surface area contributed by atoms with Crippen LogP contribution in [0.1, 0.15) is 31.9 Å². The third-order valence-corrected chi connectivity index (χ3v) is 6.66. The number of nitrogens with zero attached hydrogens (tertiary/aromatic N) is 1. The second-order valence-electron chi connectivity index (χ2n) is 10.1. The predicted molar refractivity (Wildman–Crippen MR) is 151 cm³/mol. The van der Waals surface area contributed by atoms with Gasteiger partial charge >= 0.3 is 5.97 Å². The van der Waals surface area contributed by atoms with Crippen LogP contribution in [0.25, 0.3) is 22.3 Å². The number of aromatic nitrogens is 1. The molecule has 4 aromatic rings. The average Bonchev–Trinajstić information content (AvgIpc) is 3.44. The van der Waals surface area contributed by atoms with E-state index in [-0.39, 0.29) is 13.0 Å². The predicted octanol–water partition coefficient (Wildman–Crippen LogP) is 4.74. The Balaban J connectivity index is 1.54. The molecule has 4 rings (SSSR count). The van der Waals surface area contributed by atoms with Crippen LogP contribution < -0.4 is 5.32 Å². The number of rotatable bonds is 11. The molecule has 202 valence electrons. The van der Waals surface area contributed by atoms with Crippen LogP contribution in [0.5, 0.6) is 0 Å². The first-order valence-electron chi connectivity index (χ1n) is 12.9. The summed E-state index contributed by atoms with van der Waals surface area (Å²) >= 11 is 0. The van der Waals surface area contributed by atoms with Crippen molar-refractivity contribution in [2.45, 2.75) is 44.6 Å². The van der Waals surface area contributed by atoms with Gasteiger partial charge in [-0.05, 0) is 47.7 Å². The number of hydrogen-bond acceptors (Lipinski definition) is 5. The summed E-state index contributed by atoms with van der Waals surface area (Å²) in [5.74, 6) is -1.04. The summed E-state index contributed by atoms with van der Waals surface area (Å²) in [6.45, 7) is 2.65. The largest absolute Gasteiger partial charge is 0.461 e. The third kappa shape index (κ3) is 7.44. The molecule has 0 aliphatic carbocycles. The molecule has 7 heteroatoms. The first-order chi connectivity index (χ1) is 18.7. The van der Waals surface area contributed by atoms with Gasteiger partial charge in [-0.2, -0.15) is 0 Å². The lowest BCUT2D eigenvalue weighted by molar-refractivity contribution is -0.148. The third-order valence-electron chi connectivity index (χ3n) is 6.66. The van der Waals surface area contributed by atoms with E-state index in [0.29, 0.717) is 0 Å². The van der Waals surface area contributed by atoms with E-state index >= 15 is 0 Å². The Morgan fingerprint density at radius 3 is 2.00 bits per heavy atom. The monoisotopic (exact) mass is 526 g/mol. The van der Waals surface area contributed by atoms with Gasteiger partial charge in [0.15, 0.2) is 0 Å². The molecule has 39 heavy (non-hydrogen) atoms. The highest BCUT2D eigenvalue weighted by Gasteiger charge is 2.32. The highest BCUT2D eigenvalue weighted by Crippen LogP contribution is 2.27. The zero-order valence-corrected chi connectivity index (χ0v) is 22.2. The van der Waals surface area contributed by atoms with Crippen molar-refractivity contribution in [2.24, 2.45) is 0 Å². The van der Waals surface area contributed by atoms with E-state index in [1.165, 1.54) is 13.8 Å². The Labute approximate surface area is 228 Å². The van der Waals surface area contributed by atoms with E-state index in [1.54, 1.807) is 10.8 Å². The second kappa shape index (κ2) is 12.6. The highest BCUT2D eigenvalue weighted by molar-refractivity contribution is 5.86. The van der Waals surface area contributed by atoms with Crippen LogP contribution in [0.3, 0.4) is 0 Å². The molecule has 0 unspecified atom stereocenters. The van der Waals surface area contributed by atoms with Crippen LogP contribution in [0.2, 0.25) is 0 Å². The van der Waals surface area contributed by atoms with E-state index in [1.807, 2.05) is 85.1 Å². The maximum Gasteiger partial charge on any atom is 0.308 e. The van der Waals surface area contributed by atoms with E-state index in [2.05, 4.69) is 17.4 Å². The summed E-state index contributed by atoms with van der Waals surface area (Å²) < 4.78 is 7.11. The Bertz CT molecular complexity index is 1360. The topological polar surface area (TPSA) is 101 Å². The maximum absolute atomic E-state index is 13.4. The van der Waals surface area contributed by atoms with Gasteiger partial charge < -0.3 is 24.8 Å². The second-order valence-corrected chi connectivity index (χ2v) is 10.1. The minimum atomic E-state index is -1.36. The summed E-state index contributed by atoms with van der Waals surface area (Å²) in [6, 6.07) is 27.5. The molecule has 1 amide bonds. The van der Waals surface area contributed by atoms with Crippen LogP contribution in [-0.2, 0) is 20.9 Å². The van der Waals surface area contributed by atoms with E-state index in [9.17, 15) is 19.8 Å². The summed E-state index contributed by atoms with van der Waals surface area (Å²) in [4.78, 5) is 26.1. The number of hydrogen-bond donors (Lipinski definition) is 3. The van der Waals surface area contributed by atoms with Gasteiger partial charge in [0.05, 0.1) is 24.7 Å². The molecule has 0 radical (unpaired) electrons. The Morgan fingerprint density at radius 2 is 1.41 bits per heavy atom. The van der Waals surface area contributed by atoms with Crippen LogP contribution in [-0.4, -0.2) is 44.9 Å². The van der Waals surface area contributed by atoms with Gasteiger partial charge in [-0.25, -0.2) is 0 Å². The molecule has 2 atom stereocenters. The van der Waals surface area contributed by atoms with Gasteiger partial charge in [0, 0.05) is 12.4 Å². The van der Waals surface area contributed by atoms with Crippen molar-refractivity contribution in [3.8, 4) is 22.3 Å². The molecule has 0 saturated heterocycles. The molecule has 0 bridgehead atoms. The van der Waals surface area contributed by atoms with Gasteiger partial charge in [0.25, 0.3) is 0 Å². The van der Waals surface area contributed by atoms with Crippen molar-refractivity contribution >= 4 is 11.9 Å². The molecule has 0 fully saturated rings. The van der Waals surface area contributed by atoms with Crippen molar-refractivity contribution < 1.29 is 24.5 Å². The lowest BCUT2D eigenvalue weighted by Gasteiger charge is -2.30. The summed E-state index contributed by atoms with van der Waals surface area (Å²) in [7, 11) is 0. The fourth-order valence-electron chi connectivity index (χ4n) is 4.27. The van der Waals surface area contributed by atoms with Crippen molar-refractivity contribution in [2.75, 3.05) is 6.61 Å². The van der Waals surface area contributed by atoms with Gasteiger partial charge in [-0.3, -0.25) is 9.59 Å². The number of amides is 1. The maximum atomic E-state index is 13.4. The highest BCUT2D eigenvalue weighted by atomic mass is 16.5. The molecular formula is C32H34N2O5. The molecule has 7 nitrogen and oxygen atoms in total. The lowest BCUT2D eigenvalue weighted by Crippen LogP contribution is -2.53. The Hall–Kier alpha value is -4.20. The van der Waals surface area contributed by atoms with Crippen LogP contribution in [0.15, 0.2) is 103 Å². The zero-order valence-electron chi connectivity index (χ0n) is 22.2. The van der Waals surface area contributed by atoms with E-state index in [4.69, 9.17) is 4.74 Å². The number of nitrogens with one attached hydrogen (secondary N) is 1. The van der Waals surface area contributed by atoms with E-state index in [0.717, 1.165) is 27.8 Å². The molecule has 3 aromatic carbocycles. The number of aliphatic hydroxyl groups excluding tert-OH is 1. The van der Waals surface area contributed by atoms with E-state index < -0.39 is 36.2 Å². The van der Waals surface area contributed by atoms with Crippen LogP contribution in [0, 0.1) is 0 Å². The average molecular weight is 527 g/mol. The van der Waals surface area contributed by atoms with Gasteiger partial charge in [0.2, 0.25) is 5.91 Å². The molecular weight excluding hydrogens is 492 g/mol. The smallest absolute Gasteiger partial charge is 0.308 e. The van der Waals surface area contributed by atoms with Crippen molar-refractivity contribution in [1.82, 2.24) is 9.88 Å². The lowest BCUT2D eigenvalue weighted by atomic mass is 9.99. The number of carbonyl (C=O) groups is 2. The van der Waals surface area contributed by atoms with Crippen molar-refractivity contribution in [1.29, 1.82) is 0 Å². The molecule has 0 aliphatic heterocycles. The van der Waals surface area contributed by atoms with Crippen LogP contribution >= 0.6 is 0 Å². The normalized spacial score (nSPS) is 12.9. The first-order valence-corrected chi connectivity index (χ1v) is 12.9. The first kappa shape index (κ1) is 27.8. The minimum Gasteiger partial charge on any atom is -0.461 e. The number of esters is 1. The summed E-state index contributed by atoms with van der Waals surface area (Å²) in [6.07, 6.45) is 3.33. The van der Waals surface area contributed by atoms with Gasteiger partial charge in [0.1, 0.15) is 12.6 Å². The van der Waals surface area contributed by atoms with Gasteiger partial charge in [-0.15, -0.1) is 0 Å². The minimum absolute atomic E-state index is 0.0988. The Kier molecular flexibility index (Phi) is 8.96. The van der Waals surface area contributed by atoms with Crippen molar-refractivity contribution in [3.63, 3.8) is 0 Å². The molecule has 1 heterocycles. The number of carbonyl (C=O) groups excluding carboxylic acids is 2. The Morgan fingerprint density at radius 1 is 0.846 bits per heavy atom.